The third kappa shape index (κ3) is 5.49. The van der Waals surface area contributed by atoms with Crippen LogP contribution in [0.1, 0.15) is 32.6 Å². The molecule has 0 atom stereocenters. The van der Waals surface area contributed by atoms with E-state index in [-0.39, 0.29) is 30.6 Å². The van der Waals surface area contributed by atoms with E-state index in [9.17, 15) is 9.59 Å². The summed E-state index contributed by atoms with van der Waals surface area (Å²) in [6.45, 7) is 3.71. The number of amides is 3. The van der Waals surface area contributed by atoms with Gasteiger partial charge in [-0.1, -0.05) is 6.07 Å². The fourth-order valence-corrected chi connectivity index (χ4v) is 4.22. The highest BCUT2D eigenvalue weighted by molar-refractivity contribution is 5.96. The third-order valence-electron chi connectivity index (χ3n) is 5.85. The predicted octanol–water partition coefficient (Wildman–Crippen LogP) is 3.23. The first-order valence-corrected chi connectivity index (χ1v) is 11.3. The molecule has 1 aliphatic carbocycles. The van der Waals surface area contributed by atoms with Crippen LogP contribution >= 0.6 is 0 Å². The smallest absolute Gasteiger partial charge is 0.325 e. The molecule has 1 saturated carbocycles. The van der Waals surface area contributed by atoms with Gasteiger partial charge in [0.05, 0.1) is 6.61 Å². The second kappa shape index (κ2) is 10.3. The Labute approximate surface area is 188 Å². The van der Waals surface area contributed by atoms with Crippen molar-refractivity contribution in [2.24, 2.45) is 0 Å². The lowest BCUT2D eigenvalue weighted by Gasteiger charge is -2.29. The Morgan fingerprint density at radius 2 is 1.88 bits per heavy atom. The Balaban J connectivity index is 1.21. The van der Waals surface area contributed by atoms with Gasteiger partial charge in [0.25, 0.3) is 0 Å². The van der Waals surface area contributed by atoms with E-state index in [1.165, 1.54) is 0 Å². The number of urea groups is 1. The minimum atomic E-state index is -0.142. The Bertz CT molecular complexity index is 898. The molecule has 8 heteroatoms. The van der Waals surface area contributed by atoms with Crippen molar-refractivity contribution >= 4 is 17.6 Å². The van der Waals surface area contributed by atoms with Crippen LogP contribution < -0.4 is 19.7 Å². The molecule has 0 radical (unpaired) electrons. The molecule has 4 rings (SSSR count). The van der Waals surface area contributed by atoms with Gasteiger partial charge in [-0.2, -0.15) is 0 Å². The van der Waals surface area contributed by atoms with Crippen molar-refractivity contribution in [2.45, 2.75) is 44.8 Å². The minimum absolute atomic E-state index is 0.0801. The van der Waals surface area contributed by atoms with E-state index in [4.69, 9.17) is 9.47 Å². The molecule has 32 heavy (non-hydrogen) atoms. The van der Waals surface area contributed by atoms with E-state index in [1.807, 2.05) is 49.4 Å². The van der Waals surface area contributed by atoms with Gasteiger partial charge in [0.15, 0.2) is 0 Å². The summed E-state index contributed by atoms with van der Waals surface area (Å²) < 4.78 is 11.4. The van der Waals surface area contributed by atoms with Crippen molar-refractivity contribution < 1.29 is 19.1 Å². The van der Waals surface area contributed by atoms with Gasteiger partial charge in [0.1, 0.15) is 18.4 Å². The molecule has 0 spiro atoms. The monoisotopic (exact) mass is 438 g/mol. The fourth-order valence-electron chi connectivity index (χ4n) is 4.22. The highest BCUT2D eigenvalue weighted by Gasteiger charge is 2.32. The first-order chi connectivity index (χ1) is 15.6. The summed E-state index contributed by atoms with van der Waals surface area (Å²) in [6, 6.07) is 13.1. The Morgan fingerprint density at radius 3 is 2.56 bits per heavy atom. The van der Waals surface area contributed by atoms with Crippen molar-refractivity contribution in [3.63, 3.8) is 0 Å². The summed E-state index contributed by atoms with van der Waals surface area (Å²) in [7, 11) is 0. The molecule has 1 saturated heterocycles. The molecule has 170 valence electrons. The number of carbonyl (C=O) groups excluding carboxylic acids is 2. The van der Waals surface area contributed by atoms with Crippen LogP contribution in [0.25, 0.3) is 0 Å². The van der Waals surface area contributed by atoms with Crippen LogP contribution in [0, 0.1) is 0 Å². The van der Waals surface area contributed by atoms with E-state index in [0.717, 1.165) is 37.1 Å². The van der Waals surface area contributed by atoms with E-state index < -0.39 is 0 Å². The van der Waals surface area contributed by atoms with Crippen molar-refractivity contribution in [2.75, 3.05) is 31.1 Å². The summed E-state index contributed by atoms with van der Waals surface area (Å²) in [5.41, 5.74) is 0.813. The number of anilines is 1. The minimum Gasteiger partial charge on any atom is -0.494 e. The zero-order chi connectivity index (χ0) is 22.3. The van der Waals surface area contributed by atoms with Gasteiger partial charge in [-0.3, -0.25) is 9.69 Å². The maximum Gasteiger partial charge on any atom is 0.325 e. The number of hydrogen-bond acceptors (Lipinski definition) is 5. The number of rotatable bonds is 8. The van der Waals surface area contributed by atoms with E-state index >= 15 is 0 Å². The number of nitrogens with one attached hydrogen (secondary N) is 1. The number of carbonyl (C=O) groups is 2. The van der Waals surface area contributed by atoms with Gasteiger partial charge < -0.3 is 19.7 Å². The number of benzene rings is 1. The summed E-state index contributed by atoms with van der Waals surface area (Å²) in [4.78, 5) is 32.8. The number of nitrogens with zero attached hydrogens (tertiary/aromatic N) is 3. The van der Waals surface area contributed by atoms with Crippen molar-refractivity contribution in [3.05, 3.63) is 48.7 Å². The second-order valence-corrected chi connectivity index (χ2v) is 8.11. The molecule has 3 amide bonds. The molecule has 2 aliphatic rings. The SMILES string of the molecule is CCOc1ccc(N2CCN(CC(=O)NC3CCC(Oc4ccccn4)CC3)C2=O)cc1. The van der Waals surface area contributed by atoms with Crippen LogP contribution in [0.2, 0.25) is 0 Å². The van der Waals surface area contributed by atoms with Crippen molar-refractivity contribution in [3.8, 4) is 11.6 Å². The Kier molecular flexibility index (Phi) is 7.09. The zero-order valence-corrected chi connectivity index (χ0v) is 18.4. The quantitative estimate of drug-likeness (QED) is 0.684. The van der Waals surface area contributed by atoms with Crippen molar-refractivity contribution in [1.29, 1.82) is 0 Å². The molecule has 1 aromatic carbocycles. The second-order valence-electron chi connectivity index (χ2n) is 8.11. The van der Waals surface area contributed by atoms with E-state index in [1.54, 1.807) is 16.0 Å². The molecule has 2 aromatic rings. The number of pyridine rings is 1. The number of aromatic nitrogens is 1. The highest BCUT2D eigenvalue weighted by Crippen LogP contribution is 2.24. The molecular formula is C24H30N4O4. The van der Waals surface area contributed by atoms with Gasteiger partial charge in [-0.25, -0.2) is 9.78 Å². The van der Waals surface area contributed by atoms with Crippen LogP contribution in [0.3, 0.4) is 0 Å². The van der Waals surface area contributed by atoms with Crippen LogP contribution in [0.4, 0.5) is 10.5 Å². The highest BCUT2D eigenvalue weighted by atomic mass is 16.5. The van der Waals surface area contributed by atoms with Gasteiger partial charge in [-0.05, 0) is 62.9 Å². The largest absolute Gasteiger partial charge is 0.494 e. The van der Waals surface area contributed by atoms with Gasteiger partial charge in [0.2, 0.25) is 11.8 Å². The molecule has 2 fully saturated rings. The Morgan fingerprint density at radius 1 is 1.09 bits per heavy atom. The molecule has 0 unspecified atom stereocenters. The van der Waals surface area contributed by atoms with Crippen LogP contribution in [0.15, 0.2) is 48.7 Å². The van der Waals surface area contributed by atoms with E-state index in [0.29, 0.717) is 25.6 Å². The maximum absolute atomic E-state index is 12.8. The van der Waals surface area contributed by atoms with Crippen LogP contribution in [0.5, 0.6) is 11.6 Å². The fraction of sp³-hybridized carbons (Fsp3) is 0.458. The standard InChI is InChI=1S/C24H30N4O4/c1-2-31-20-12-8-19(9-13-20)28-16-15-27(24(28)30)17-22(29)26-18-6-10-21(11-7-18)32-23-5-3-4-14-25-23/h3-5,8-9,12-14,18,21H,2,6-7,10-11,15-17H2,1H3,(H,26,29). The maximum atomic E-state index is 12.8. The average Bonchev–Trinajstić information content (AvgIpc) is 3.16. The molecule has 1 aliphatic heterocycles. The summed E-state index contributed by atoms with van der Waals surface area (Å²) in [5.74, 6) is 1.31. The topological polar surface area (TPSA) is 84.0 Å². The van der Waals surface area contributed by atoms with Gasteiger partial charge >= 0.3 is 6.03 Å². The van der Waals surface area contributed by atoms with Gasteiger partial charge in [0, 0.05) is 37.1 Å². The van der Waals surface area contributed by atoms with E-state index in [2.05, 4.69) is 10.3 Å². The summed E-state index contributed by atoms with van der Waals surface area (Å²) >= 11 is 0. The lowest BCUT2D eigenvalue weighted by Crippen LogP contribution is -2.45. The number of hydrogen-bond donors (Lipinski definition) is 1. The normalized spacial score (nSPS) is 20.8. The van der Waals surface area contributed by atoms with Crippen molar-refractivity contribution in [1.82, 2.24) is 15.2 Å². The summed E-state index contributed by atoms with van der Waals surface area (Å²) in [5, 5.41) is 3.09. The first-order valence-electron chi connectivity index (χ1n) is 11.3. The first kappa shape index (κ1) is 21.9. The molecular weight excluding hydrogens is 408 g/mol. The van der Waals surface area contributed by atoms with Crippen LogP contribution in [-0.4, -0.2) is 60.2 Å². The molecule has 0 bridgehead atoms. The molecule has 1 aromatic heterocycles. The molecule has 8 nitrogen and oxygen atoms in total. The third-order valence-corrected chi connectivity index (χ3v) is 5.85. The zero-order valence-electron chi connectivity index (χ0n) is 18.4. The predicted molar refractivity (Wildman–Crippen MR) is 121 cm³/mol. The summed E-state index contributed by atoms with van der Waals surface area (Å²) in [6.07, 6.45) is 5.30. The number of ether oxygens (including phenoxy) is 2. The van der Waals surface area contributed by atoms with Crippen LogP contribution in [-0.2, 0) is 4.79 Å². The van der Waals surface area contributed by atoms with Gasteiger partial charge in [-0.15, -0.1) is 0 Å². The average molecular weight is 439 g/mol. The lowest BCUT2D eigenvalue weighted by atomic mass is 9.93. The molecule has 1 N–H and O–H groups in total. The molecule has 2 heterocycles. The Hall–Kier alpha value is -3.29. The lowest BCUT2D eigenvalue weighted by molar-refractivity contribution is -0.122.